The van der Waals surface area contributed by atoms with Crippen molar-refractivity contribution < 1.29 is 40.2 Å². The van der Waals surface area contributed by atoms with Gasteiger partial charge in [0.15, 0.2) is 0 Å². The van der Waals surface area contributed by atoms with Crippen molar-refractivity contribution in [3.05, 3.63) is 35.9 Å². The number of ether oxygens (including phenoxy) is 2. The molecule has 0 aromatic heterocycles. The largest absolute Gasteiger partial charge is 0.460 e. The van der Waals surface area contributed by atoms with E-state index in [-0.39, 0.29) is 12.8 Å². The molecule has 0 amide bonds. The molecule has 0 aliphatic carbocycles. The van der Waals surface area contributed by atoms with Crippen molar-refractivity contribution in [3.63, 3.8) is 0 Å². The Balaban J connectivity index is 2.18. The monoisotopic (exact) mass is 360 g/mol. The molecule has 0 saturated carbocycles. The van der Waals surface area contributed by atoms with Crippen molar-refractivity contribution in [3.8, 4) is 0 Å². The molecule has 0 radical (unpaired) electrons. The number of halogens is 7. The topological polar surface area (TPSA) is 21.8 Å². The van der Waals surface area contributed by atoms with Gasteiger partial charge in [-0.05, 0) is 25.3 Å². The van der Waals surface area contributed by atoms with Gasteiger partial charge >= 0.3 is 18.0 Å². The van der Waals surface area contributed by atoms with Crippen LogP contribution in [0.4, 0.5) is 30.7 Å². The van der Waals surface area contributed by atoms with Crippen LogP contribution in [-0.2, 0) is 15.9 Å². The SMILES string of the molecule is CCO[C@]1(C(F)(F)C(F)(F)C(F)(F)F)O[C@@H]1CCc1ccccc1. The van der Waals surface area contributed by atoms with Gasteiger partial charge in [0.1, 0.15) is 6.10 Å². The third-order valence-corrected chi connectivity index (χ3v) is 3.77. The average molecular weight is 360 g/mol. The highest BCUT2D eigenvalue weighted by atomic mass is 19.4. The molecule has 1 heterocycles. The van der Waals surface area contributed by atoms with Gasteiger partial charge in [-0.15, -0.1) is 0 Å². The molecule has 1 aromatic rings. The highest BCUT2D eigenvalue weighted by Crippen LogP contribution is 2.60. The summed E-state index contributed by atoms with van der Waals surface area (Å²) >= 11 is 0. The quantitative estimate of drug-likeness (QED) is 0.524. The maximum Gasteiger partial charge on any atom is 0.460 e. The van der Waals surface area contributed by atoms with Crippen LogP contribution in [-0.4, -0.2) is 36.5 Å². The van der Waals surface area contributed by atoms with Crippen LogP contribution >= 0.6 is 0 Å². The van der Waals surface area contributed by atoms with E-state index in [1.807, 2.05) is 0 Å². The highest BCUT2D eigenvalue weighted by Gasteiger charge is 2.87. The molecule has 0 unspecified atom stereocenters. The maximum atomic E-state index is 14.0. The highest BCUT2D eigenvalue weighted by molar-refractivity contribution is 5.17. The van der Waals surface area contributed by atoms with Crippen LogP contribution in [0.2, 0.25) is 0 Å². The van der Waals surface area contributed by atoms with Gasteiger partial charge in [-0.3, -0.25) is 0 Å². The maximum absolute atomic E-state index is 14.0. The van der Waals surface area contributed by atoms with Crippen molar-refractivity contribution in [1.29, 1.82) is 0 Å². The number of benzene rings is 1. The van der Waals surface area contributed by atoms with E-state index in [1.165, 1.54) is 6.92 Å². The van der Waals surface area contributed by atoms with Crippen LogP contribution in [0.1, 0.15) is 18.9 Å². The van der Waals surface area contributed by atoms with E-state index in [9.17, 15) is 30.7 Å². The summed E-state index contributed by atoms with van der Waals surface area (Å²) in [6.45, 7) is 0.713. The van der Waals surface area contributed by atoms with Crippen LogP contribution in [0.5, 0.6) is 0 Å². The minimum Gasteiger partial charge on any atom is -0.343 e. The van der Waals surface area contributed by atoms with Gasteiger partial charge in [0.2, 0.25) is 0 Å². The summed E-state index contributed by atoms with van der Waals surface area (Å²) in [6.07, 6.45) is -7.97. The molecule has 2 nitrogen and oxygen atoms in total. The predicted molar refractivity (Wildman–Crippen MR) is 69.9 cm³/mol. The smallest absolute Gasteiger partial charge is 0.343 e. The minimum absolute atomic E-state index is 0.173. The first-order chi connectivity index (χ1) is 11.0. The Labute approximate surface area is 133 Å². The minimum atomic E-state index is -6.42. The molecule has 1 saturated heterocycles. The Morgan fingerprint density at radius 3 is 2.12 bits per heavy atom. The summed E-state index contributed by atoms with van der Waals surface area (Å²) in [4.78, 5) is 0. The van der Waals surface area contributed by atoms with Crippen molar-refractivity contribution in [2.45, 2.75) is 49.7 Å². The second kappa shape index (κ2) is 6.18. The lowest BCUT2D eigenvalue weighted by atomic mass is 9.98. The van der Waals surface area contributed by atoms with Crippen LogP contribution in [0.15, 0.2) is 30.3 Å². The van der Waals surface area contributed by atoms with Gasteiger partial charge in [-0.1, -0.05) is 30.3 Å². The van der Waals surface area contributed by atoms with Crippen molar-refractivity contribution >= 4 is 0 Å². The molecule has 0 N–H and O–H groups in total. The van der Waals surface area contributed by atoms with Gasteiger partial charge in [0.25, 0.3) is 5.79 Å². The Kier molecular flexibility index (Phi) is 4.89. The zero-order valence-electron chi connectivity index (χ0n) is 12.5. The lowest BCUT2D eigenvalue weighted by Crippen LogP contribution is -2.61. The number of hydrogen-bond acceptors (Lipinski definition) is 2. The molecule has 0 bridgehead atoms. The molecule has 1 aliphatic heterocycles. The van der Waals surface area contributed by atoms with E-state index >= 15 is 0 Å². The first-order valence-electron chi connectivity index (χ1n) is 7.17. The van der Waals surface area contributed by atoms with E-state index in [0.717, 1.165) is 0 Å². The number of aryl methyl sites for hydroxylation is 1. The van der Waals surface area contributed by atoms with Crippen LogP contribution in [0.3, 0.4) is 0 Å². The molecule has 24 heavy (non-hydrogen) atoms. The van der Waals surface area contributed by atoms with Crippen LogP contribution < -0.4 is 0 Å². The number of alkyl halides is 7. The third-order valence-electron chi connectivity index (χ3n) is 3.77. The van der Waals surface area contributed by atoms with E-state index < -0.39 is 36.5 Å². The Bertz CT molecular complexity index is 559. The molecular weight excluding hydrogens is 345 g/mol. The molecule has 2 atom stereocenters. The normalized spacial score (nSPS) is 24.9. The summed E-state index contributed by atoms with van der Waals surface area (Å²) < 4.78 is 101. The summed E-state index contributed by atoms with van der Waals surface area (Å²) in [7, 11) is 0. The van der Waals surface area contributed by atoms with Crippen LogP contribution in [0, 0.1) is 0 Å². The van der Waals surface area contributed by atoms with E-state index in [0.29, 0.717) is 5.56 Å². The lowest BCUT2D eigenvalue weighted by molar-refractivity contribution is -0.389. The standard InChI is InChI=1S/C15H15F7O2/c1-2-23-12(13(16,17)14(18,19)15(20,21)22)11(24-12)9-8-10-6-4-3-5-7-10/h3-7,11H,2,8-9H2,1H3/t11-,12+/m1/s1. The fourth-order valence-electron chi connectivity index (χ4n) is 2.47. The van der Waals surface area contributed by atoms with Crippen molar-refractivity contribution in [1.82, 2.24) is 0 Å². The summed E-state index contributed by atoms with van der Waals surface area (Å²) in [5.74, 6) is -15.1. The lowest BCUT2D eigenvalue weighted by Gasteiger charge is -2.32. The zero-order chi connectivity index (χ0) is 18.2. The van der Waals surface area contributed by atoms with Gasteiger partial charge < -0.3 is 9.47 Å². The molecule has 136 valence electrons. The fourth-order valence-corrected chi connectivity index (χ4v) is 2.47. The van der Waals surface area contributed by atoms with E-state index in [2.05, 4.69) is 9.47 Å². The number of hydrogen-bond donors (Lipinski definition) is 0. The average Bonchev–Trinajstić information content (AvgIpc) is 3.20. The second-order valence-corrected chi connectivity index (χ2v) is 5.38. The Morgan fingerprint density at radius 2 is 1.62 bits per heavy atom. The van der Waals surface area contributed by atoms with Gasteiger partial charge in [-0.2, -0.15) is 30.7 Å². The molecule has 1 aliphatic rings. The fraction of sp³-hybridized carbons (Fsp3) is 0.600. The molecule has 9 heteroatoms. The summed E-state index contributed by atoms with van der Waals surface area (Å²) in [5, 5.41) is 0. The van der Waals surface area contributed by atoms with E-state index in [1.54, 1.807) is 30.3 Å². The van der Waals surface area contributed by atoms with Gasteiger partial charge in [0, 0.05) is 6.61 Å². The van der Waals surface area contributed by atoms with Crippen LogP contribution in [0.25, 0.3) is 0 Å². The molecule has 0 spiro atoms. The summed E-state index contributed by atoms with van der Waals surface area (Å²) in [6, 6.07) is 8.44. The third kappa shape index (κ3) is 2.99. The first kappa shape index (κ1) is 19.0. The molecule has 2 rings (SSSR count). The van der Waals surface area contributed by atoms with Gasteiger partial charge in [-0.25, -0.2) is 0 Å². The number of rotatable bonds is 7. The predicted octanol–water partition coefficient (Wildman–Crippen LogP) is 4.58. The Morgan fingerprint density at radius 1 is 1.04 bits per heavy atom. The molecule has 1 aromatic carbocycles. The zero-order valence-corrected chi connectivity index (χ0v) is 12.5. The number of epoxide rings is 1. The second-order valence-electron chi connectivity index (χ2n) is 5.38. The first-order valence-corrected chi connectivity index (χ1v) is 7.17. The van der Waals surface area contributed by atoms with Gasteiger partial charge in [0.05, 0.1) is 0 Å². The summed E-state index contributed by atoms with van der Waals surface area (Å²) in [5.41, 5.74) is 0.712. The molecular formula is C15H15F7O2. The Hall–Kier alpha value is -1.35. The van der Waals surface area contributed by atoms with Crippen molar-refractivity contribution in [2.24, 2.45) is 0 Å². The van der Waals surface area contributed by atoms with E-state index in [4.69, 9.17) is 0 Å². The van der Waals surface area contributed by atoms with Crippen molar-refractivity contribution in [2.75, 3.05) is 6.61 Å². The molecule has 1 fully saturated rings.